The van der Waals surface area contributed by atoms with Crippen molar-refractivity contribution in [3.63, 3.8) is 0 Å². The Labute approximate surface area is 157 Å². The molecule has 2 heterocycles. The molecule has 136 valence electrons. The van der Waals surface area contributed by atoms with Crippen molar-refractivity contribution in [3.8, 4) is 11.1 Å². The van der Waals surface area contributed by atoms with Crippen molar-refractivity contribution >= 4 is 23.0 Å². The van der Waals surface area contributed by atoms with Crippen molar-refractivity contribution in [1.82, 2.24) is 15.6 Å². The molecule has 1 fully saturated rings. The van der Waals surface area contributed by atoms with Crippen LogP contribution in [0.2, 0.25) is 0 Å². The maximum atomic E-state index is 12.4. The Morgan fingerprint density at radius 1 is 1.07 bits per heavy atom. The van der Waals surface area contributed by atoms with Crippen LogP contribution in [0.25, 0.3) is 21.9 Å². The fraction of sp³-hybridized carbons (Fsp3) is 0.227. The van der Waals surface area contributed by atoms with Gasteiger partial charge in [0.15, 0.2) is 6.29 Å². The number of nitrogens with zero attached hydrogens (tertiary/aromatic N) is 1. The molecule has 3 aromatic rings. The van der Waals surface area contributed by atoms with Gasteiger partial charge in [-0.15, -0.1) is 0 Å². The standard InChI is InChI=1S/C22H21N3O2/c26-14-18-3-1-2-16-12-15(4-6-20(16)18)17-5-7-21(24-13-17)22(27)25-19-8-10-23-11-9-19/h1-7,12-14,19,23H,8-11H2,(H,25,27). The molecule has 2 N–H and O–H groups in total. The summed E-state index contributed by atoms with van der Waals surface area (Å²) in [5.74, 6) is -0.123. The van der Waals surface area contributed by atoms with E-state index in [4.69, 9.17) is 0 Å². The Hall–Kier alpha value is -3.05. The molecular weight excluding hydrogens is 338 g/mol. The number of amides is 1. The smallest absolute Gasteiger partial charge is 0.270 e. The minimum Gasteiger partial charge on any atom is -0.348 e. The number of pyridine rings is 1. The van der Waals surface area contributed by atoms with E-state index in [-0.39, 0.29) is 11.9 Å². The van der Waals surface area contributed by atoms with Gasteiger partial charge in [0.05, 0.1) is 0 Å². The average Bonchev–Trinajstić information content (AvgIpc) is 2.73. The first-order chi connectivity index (χ1) is 13.2. The molecule has 0 aliphatic carbocycles. The highest BCUT2D eigenvalue weighted by Crippen LogP contribution is 2.25. The van der Waals surface area contributed by atoms with Crippen LogP contribution in [0.4, 0.5) is 0 Å². The van der Waals surface area contributed by atoms with Gasteiger partial charge in [-0.1, -0.05) is 36.4 Å². The molecule has 2 aromatic carbocycles. The van der Waals surface area contributed by atoms with Crippen molar-refractivity contribution in [2.75, 3.05) is 13.1 Å². The first kappa shape index (κ1) is 17.4. The zero-order chi connectivity index (χ0) is 18.6. The van der Waals surface area contributed by atoms with Crippen molar-refractivity contribution in [1.29, 1.82) is 0 Å². The van der Waals surface area contributed by atoms with Crippen LogP contribution in [0, 0.1) is 0 Å². The maximum absolute atomic E-state index is 12.4. The lowest BCUT2D eigenvalue weighted by molar-refractivity contribution is 0.0924. The Bertz CT molecular complexity index is 977. The number of nitrogens with one attached hydrogen (secondary N) is 2. The third-order valence-corrected chi connectivity index (χ3v) is 5.04. The Kier molecular flexibility index (Phi) is 4.94. The van der Waals surface area contributed by atoms with E-state index in [1.807, 2.05) is 42.5 Å². The van der Waals surface area contributed by atoms with E-state index in [2.05, 4.69) is 15.6 Å². The Balaban J connectivity index is 1.54. The fourth-order valence-corrected chi connectivity index (χ4v) is 3.52. The van der Waals surface area contributed by atoms with Crippen LogP contribution in [0.5, 0.6) is 0 Å². The molecule has 1 aliphatic heterocycles. The van der Waals surface area contributed by atoms with Crippen LogP contribution in [0.15, 0.2) is 54.7 Å². The van der Waals surface area contributed by atoms with Crippen LogP contribution in [0.3, 0.4) is 0 Å². The summed E-state index contributed by atoms with van der Waals surface area (Å²) < 4.78 is 0. The normalized spacial score (nSPS) is 14.8. The fourth-order valence-electron chi connectivity index (χ4n) is 3.52. The van der Waals surface area contributed by atoms with E-state index in [9.17, 15) is 9.59 Å². The van der Waals surface area contributed by atoms with Crippen LogP contribution >= 0.6 is 0 Å². The number of carbonyl (C=O) groups is 2. The summed E-state index contributed by atoms with van der Waals surface area (Å²) in [5, 5.41) is 8.28. The molecule has 1 aliphatic rings. The summed E-state index contributed by atoms with van der Waals surface area (Å²) in [6.45, 7) is 1.87. The number of aromatic nitrogens is 1. The van der Waals surface area contributed by atoms with Gasteiger partial charge < -0.3 is 10.6 Å². The number of hydrogen-bond acceptors (Lipinski definition) is 4. The first-order valence-electron chi connectivity index (χ1n) is 9.20. The second kappa shape index (κ2) is 7.68. The second-order valence-electron chi connectivity index (χ2n) is 6.83. The van der Waals surface area contributed by atoms with Gasteiger partial charge in [0.1, 0.15) is 5.69 Å². The van der Waals surface area contributed by atoms with Gasteiger partial charge in [0, 0.05) is 23.4 Å². The van der Waals surface area contributed by atoms with Gasteiger partial charge in [0.25, 0.3) is 5.91 Å². The minimum atomic E-state index is -0.123. The highest BCUT2D eigenvalue weighted by molar-refractivity contribution is 5.99. The van der Waals surface area contributed by atoms with E-state index in [0.717, 1.165) is 54.1 Å². The molecule has 0 bridgehead atoms. The lowest BCUT2D eigenvalue weighted by atomic mass is 9.99. The Morgan fingerprint density at radius 2 is 1.89 bits per heavy atom. The number of hydrogen-bond donors (Lipinski definition) is 2. The quantitative estimate of drug-likeness (QED) is 0.702. The van der Waals surface area contributed by atoms with Crippen LogP contribution in [0.1, 0.15) is 33.7 Å². The predicted octanol–water partition coefficient (Wildman–Crippen LogP) is 3.20. The predicted molar refractivity (Wildman–Crippen MR) is 106 cm³/mol. The highest BCUT2D eigenvalue weighted by atomic mass is 16.2. The number of fused-ring (bicyclic) bond motifs is 1. The number of benzene rings is 2. The second-order valence-corrected chi connectivity index (χ2v) is 6.83. The molecular formula is C22H21N3O2. The number of aldehydes is 1. The van der Waals surface area contributed by atoms with Crippen LogP contribution in [-0.2, 0) is 0 Å². The van der Waals surface area contributed by atoms with Gasteiger partial charge in [-0.3, -0.25) is 14.6 Å². The van der Waals surface area contributed by atoms with E-state index >= 15 is 0 Å². The maximum Gasteiger partial charge on any atom is 0.270 e. The first-order valence-corrected chi connectivity index (χ1v) is 9.20. The molecule has 5 nitrogen and oxygen atoms in total. The van der Waals surface area contributed by atoms with Gasteiger partial charge in [0.2, 0.25) is 0 Å². The van der Waals surface area contributed by atoms with Gasteiger partial charge in [-0.2, -0.15) is 0 Å². The zero-order valence-corrected chi connectivity index (χ0v) is 14.9. The molecule has 4 rings (SSSR count). The molecule has 0 spiro atoms. The van der Waals surface area contributed by atoms with Gasteiger partial charge in [-0.25, -0.2) is 0 Å². The summed E-state index contributed by atoms with van der Waals surface area (Å²) >= 11 is 0. The lowest BCUT2D eigenvalue weighted by Crippen LogP contribution is -2.42. The molecule has 0 saturated carbocycles. The number of rotatable bonds is 4. The number of carbonyl (C=O) groups excluding carboxylic acids is 2. The SMILES string of the molecule is O=Cc1cccc2cc(-c3ccc(C(=O)NC4CCNCC4)nc3)ccc12. The van der Waals surface area contributed by atoms with Crippen molar-refractivity contribution in [2.45, 2.75) is 18.9 Å². The molecule has 1 aromatic heterocycles. The van der Waals surface area contributed by atoms with Crippen LogP contribution in [-0.4, -0.2) is 36.3 Å². The highest BCUT2D eigenvalue weighted by Gasteiger charge is 2.17. The molecule has 1 amide bonds. The van der Waals surface area contributed by atoms with Crippen molar-refractivity contribution < 1.29 is 9.59 Å². The average molecular weight is 359 g/mol. The minimum absolute atomic E-state index is 0.123. The van der Waals surface area contributed by atoms with Crippen molar-refractivity contribution in [3.05, 3.63) is 66.0 Å². The summed E-state index contributed by atoms with van der Waals surface area (Å²) in [6.07, 6.45) is 4.49. The topological polar surface area (TPSA) is 71.1 Å². The largest absolute Gasteiger partial charge is 0.348 e. The molecule has 0 radical (unpaired) electrons. The Morgan fingerprint density at radius 3 is 2.63 bits per heavy atom. The zero-order valence-electron chi connectivity index (χ0n) is 14.9. The molecule has 27 heavy (non-hydrogen) atoms. The van der Waals surface area contributed by atoms with E-state index in [1.54, 1.807) is 12.3 Å². The van der Waals surface area contributed by atoms with Gasteiger partial charge in [-0.05, 0) is 54.4 Å². The summed E-state index contributed by atoms with van der Waals surface area (Å²) in [7, 11) is 0. The third-order valence-electron chi connectivity index (χ3n) is 5.04. The summed E-state index contributed by atoms with van der Waals surface area (Å²) in [6, 6.07) is 15.5. The number of piperidine rings is 1. The molecule has 1 saturated heterocycles. The van der Waals surface area contributed by atoms with E-state index in [1.165, 1.54) is 0 Å². The lowest BCUT2D eigenvalue weighted by Gasteiger charge is -2.23. The van der Waals surface area contributed by atoms with E-state index < -0.39 is 0 Å². The molecule has 0 unspecified atom stereocenters. The third kappa shape index (κ3) is 3.73. The molecule has 5 heteroatoms. The summed E-state index contributed by atoms with van der Waals surface area (Å²) in [5.41, 5.74) is 3.05. The van der Waals surface area contributed by atoms with E-state index in [0.29, 0.717) is 11.3 Å². The molecule has 0 atom stereocenters. The summed E-state index contributed by atoms with van der Waals surface area (Å²) in [4.78, 5) is 27.9. The van der Waals surface area contributed by atoms with Crippen molar-refractivity contribution in [2.24, 2.45) is 0 Å². The monoisotopic (exact) mass is 359 g/mol. The van der Waals surface area contributed by atoms with Crippen LogP contribution < -0.4 is 10.6 Å². The van der Waals surface area contributed by atoms with Gasteiger partial charge >= 0.3 is 0 Å².